The largest absolute Gasteiger partial charge is 0.497 e. The Kier molecular flexibility index (Phi) is 6.45. The van der Waals surface area contributed by atoms with Crippen molar-refractivity contribution in [3.63, 3.8) is 0 Å². The summed E-state index contributed by atoms with van der Waals surface area (Å²) in [6, 6.07) is 4.98. The molecule has 1 atom stereocenters. The van der Waals surface area contributed by atoms with Crippen molar-refractivity contribution in [3.8, 4) is 5.75 Å². The molecular weight excluding hydrogens is 276 g/mol. The number of ether oxygens (including phenoxy) is 1. The van der Waals surface area contributed by atoms with Crippen molar-refractivity contribution in [1.29, 1.82) is 0 Å². The van der Waals surface area contributed by atoms with Crippen LogP contribution in [0, 0.1) is 0 Å². The van der Waals surface area contributed by atoms with Crippen LogP contribution >= 0.6 is 0 Å². The van der Waals surface area contributed by atoms with Gasteiger partial charge in [0.25, 0.3) is 0 Å². The number of methoxy groups -OCH3 is 1. The highest BCUT2D eigenvalue weighted by Gasteiger charge is 2.20. The Labute approximate surface area is 121 Å². The minimum atomic E-state index is -3.49. The Morgan fingerprint density at radius 2 is 2.05 bits per heavy atom. The molecule has 0 aliphatic rings. The number of benzene rings is 1. The van der Waals surface area contributed by atoms with Crippen molar-refractivity contribution >= 4 is 10.0 Å². The first-order chi connectivity index (χ1) is 9.44. The van der Waals surface area contributed by atoms with Gasteiger partial charge < -0.3 is 10.1 Å². The van der Waals surface area contributed by atoms with E-state index in [4.69, 9.17) is 4.74 Å². The fraction of sp³-hybridized carbons (Fsp3) is 0.571. The molecule has 0 spiro atoms. The second-order valence-electron chi connectivity index (χ2n) is 4.76. The molecule has 0 aliphatic carbocycles. The van der Waals surface area contributed by atoms with Crippen LogP contribution in [0.25, 0.3) is 0 Å². The van der Waals surface area contributed by atoms with Gasteiger partial charge in [-0.15, -0.1) is 0 Å². The van der Waals surface area contributed by atoms with E-state index in [0.717, 1.165) is 12.0 Å². The van der Waals surface area contributed by atoms with E-state index < -0.39 is 10.0 Å². The van der Waals surface area contributed by atoms with Crippen molar-refractivity contribution in [3.05, 3.63) is 23.8 Å². The van der Waals surface area contributed by atoms with Gasteiger partial charge in [0.15, 0.2) is 0 Å². The lowest BCUT2D eigenvalue weighted by Gasteiger charge is -2.16. The van der Waals surface area contributed by atoms with Gasteiger partial charge in [0.1, 0.15) is 5.75 Å². The Balaban J connectivity index is 3.14. The minimum absolute atomic E-state index is 0.0840. The summed E-state index contributed by atoms with van der Waals surface area (Å²) in [7, 11) is -0.0798. The van der Waals surface area contributed by atoms with Crippen molar-refractivity contribution in [1.82, 2.24) is 10.0 Å². The smallest absolute Gasteiger partial charge is 0.241 e. The van der Waals surface area contributed by atoms with Crippen LogP contribution in [0.4, 0.5) is 0 Å². The number of likely N-dealkylation sites (N-methyl/N-ethyl adjacent to an activating group) is 1. The summed E-state index contributed by atoms with van der Waals surface area (Å²) in [4.78, 5) is 0.328. The average molecular weight is 300 g/mol. The van der Waals surface area contributed by atoms with Gasteiger partial charge >= 0.3 is 0 Å². The van der Waals surface area contributed by atoms with E-state index in [1.54, 1.807) is 25.3 Å². The predicted molar refractivity (Wildman–Crippen MR) is 80.7 cm³/mol. The first-order valence-electron chi connectivity index (χ1n) is 6.78. The van der Waals surface area contributed by atoms with Gasteiger partial charge in [0.05, 0.1) is 12.0 Å². The molecule has 5 nitrogen and oxygen atoms in total. The summed E-state index contributed by atoms with van der Waals surface area (Å²) in [6.45, 7) is 4.51. The molecule has 0 amide bonds. The molecule has 1 aromatic rings. The molecule has 0 heterocycles. The molecule has 0 saturated heterocycles. The lowest BCUT2D eigenvalue weighted by Crippen LogP contribution is -2.32. The van der Waals surface area contributed by atoms with Crippen LogP contribution in [0.5, 0.6) is 5.75 Å². The maximum atomic E-state index is 12.4. The molecule has 0 fully saturated rings. The van der Waals surface area contributed by atoms with Gasteiger partial charge in [-0.3, -0.25) is 0 Å². The number of sulfonamides is 1. The molecule has 0 aromatic heterocycles. The molecule has 2 N–H and O–H groups in total. The third kappa shape index (κ3) is 4.47. The SMILES string of the molecule is CCC(C)NS(=O)(=O)c1ccc(OC)cc1CCNC. The maximum absolute atomic E-state index is 12.4. The van der Waals surface area contributed by atoms with Gasteiger partial charge in [-0.05, 0) is 57.1 Å². The fourth-order valence-electron chi connectivity index (χ4n) is 1.81. The molecule has 1 unspecified atom stereocenters. The quantitative estimate of drug-likeness (QED) is 0.764. The monoisotopic (exact) mass is 300 g/mol. The second-order valence-corrected chi connectivity index (χ2v) is 6.44. The highest BCUT2D eigenvalue weighted by molar-refractivity contribution is 7.89. The molecule has 6 heteroatoms. The minimum Gasteiger partial charge on any atom is -0.497 e. The van der Waals surface area contributed by atoms with E-state index in [2.05, 4.69) is 10.0 Å². The molecule has 0 bridgehead atoms. The Hall–Kier alpha value is -1.11. The van der Waals surface area contributed by atoms with E-state index in [1.807, 2.05) is 20.9 Å². The summed E-state index contributed by atoms with van der Waals surface area (Å²) in [5.74, 6) is 0.665. The van der Waals surface area contributed by atoms with Gasteiger partial charge in [0, 0.05) is 6.04 Å². The van der Waals surface area contributed by atoms with Gasteiger partial charge in [0.2, 0.25) is 10.0 Å². The van der Waals surface area contributed by atoms with Crippen LogP contribution in [0.3, 0.4) is 0 Å². The number of hydrogen-bond donors (Lipinski definition) is 2. The zero-order valence-electron chi connectivity index (χ0n) is 12.6. The van der Waals surface area contributed by atoms with Gasteiger partial charge in [-0.25, -0.2) is 13.1 Å². The third-order valence-corrected chi connectivity index (χ3v) is 4.86. The Bertz CT molecular complexity index is 529. The van der Waals surface area contributed by atoms with E-state index >= 15 is 0 Å². The molecule has 0 aliphatic heterocycles. The van der Waals surface area contributed by atoms with Gasteiger partial charge in [-0.2, -0.15) is 0 Å². The highest BCUT2D eigenvalue weighted by Crippen LogP contribution is 2.22. The van der Waals surface area contributed by atoms with Crippen LogP contribution < -0.4 is 14.8 Å². The van der Waals surface area contributed by atoms with E-state index in [0.29, 0.717) is 23.6 Å². The lowest BCUT2D eigenvalue weighted by molar-refractivity contribution is 0.413. The van der Waals surface area contributed by atoms with Crippen LogP contribution in [0.15, 0.2) is 23.1 Å². The predicted octanol–water partition coefficient (Wildman–Crippen LogP) is 1.53. The Morgan fingerprint density at radius 3 is 2.60 bits per heavy atom. The number of nitrogens with one attached hydrogen (secondary N) is 2. The molecule has 114 valence electrons. The molecular formula is C14H24N2O3S. The number of rotatable bonds is 8. The molecule has 0 saturated carbocycles. The number of hydrogen-bond acceptors (Lipinski definition) is 4. The molecule has 1 aromatic carbocycles. The summed E-state index contributed by atoms with van der Waals surface area (Å²) in [5, 5.41) is 3.03. The first kappa shape index (κ1) is 16.9. The van der Waals surface area contributed by atoms with Crippen LogP contribution in [0.1, 0.15) is 25.8 Å². The van der Waals surface area contributed by atoms with Crippen LogP contribution in [-0.4, -0.2) is 35.2 Å². The third-order valence-electron chi connectivity index (χ3n) is 3.17. The summed E-state index contributed by atoms with van der Waals surface area (Å²) in [6.07, 6.45) is 1.38. The first-order valence-corrected chi connectivity index (χ1v) is 8.26. The summed E-state index contributed by atoms with van der Waals surface area (Å²) in [5.41, 5.74) is 0.759. The Morgan fingerprint density at radius 1 is 1.35 bits per heavy atom. The second kappa shape index (κ2) is 7.61. The molecule has 1 rings (SSSR count). The fourth-order valence-corrected chi connectivity index (χ4v) is 3.39. The van der Waals surface area contributed by atoms with Crippen molar-refractivity contribution in [2.24, 2.45) is 0 Å². The topological polar surface area (TPSA) is 67.4 Å². The molecule has 0 radical (unpaired) electrons. The summed E-state index contributed by atoms with van der Waals surface area (Å²) >= 11 is 0. The zero-order chi connectivity index (χ0) is 15.2. The van der Waals surface area contributed by atoms with E-state index in [1.165, 1.54) is 0 Å². The van der Waals surface area contributed by atoms with Crippen molar-refractivity contribution in [2.75, 3.05) is 20.7 Å². The van der Waals surface area contributed by atoms with Crippen molar-refractivity contribution < 1.29 is 13.2 Å². The van der Waals surface area contributed by atoms with Gasteiger partial charge in [-0.1, -0.05) is 6.92 Å². The van der Waals surface area contributed by atoms with Crippen LogP contribution in [0.2, 0.25) is 0 Å². The van der Waals surface area contributed by atoms with E-state index in [-0.39, 0.29) is 6.04 Å². The average Bonchev–Trinajstić information content (AvgIpc) is 2.43. The standard InChI is InChI=1S/C14H24N2O3S/c1-5-11(2)16-20(17,18)14-7-6-13(19-4)10-12(14)8-9-15-3/h6-7,10-11,15-16H,5,8-9H2,1-4H3. The van der Waals surface area contributed by atoms with E-state index in [9.17, 15) is 8.42 Å². The maximum Gasteiger partial charge on any atom is 0.241 e. The lowest BCUT2D eigenvalue weighted by atomic mass is 10.1. The normalized spacial score (nSPS) is 13.2. The highest BCUT2D eigenvalue weighted by atomic mass is 32.2. The summed E-state index contributed by atoms with van der Waals surface area (Å²) < 4.78 is 32.7. The molecule has 20 heavy (non-hydrogen) atoms. The van der Waals surface area contributed by atoms with Crippen molar-refractivity contribution in [2.45, 2.75) is 37.6 Å². The zero-order valence-corrected chi connectivity index (χ0v) is 13.4. The van der Waals surface area contributed by atoms with Crippen LogP contribution in [-0.2, 0) is 16.4 Å².